The molecule has 4 aromatic rings. The van der Waals surface area contributed by atoms with Crippen LogP contribution < -0.4 is 18.9 Å². The third-order valence-electron chi connectivity index (χ3n) is 7.93. The Hall–Kier alpha value is -1.20. The Labute approximate surface area is 380 Å². The van der Waals surface area contributed by atoms with E-state index in [4.69, 9.17) is 42.6 Å². The largest absolute Gasteiger partial charge is 0.491 e. The maximum absolute atomic E-state index is 6.19. The number of rotatable bonds is 30. The first-order valence-corrected chi connectivity index (χ1v) is 24.3. The van der Waals surface area contributed by atoms with E-state index in [-0.39, 0.29) is 12.2 Å². The van der Waals surface area contributed by atoms with Gasteiger partial charge in [-0.15, -0.1) is 0 Å². The summed E-state index contributed by atoms with van der Waals surface area (Å²) < 4.78 is 57.9. The molecular formula is C42H50I4O9. The van der Waals surface area contributed by atoms with Gasteiger partial charge in [0.25, 0.3) is 0 Å². The highest BCUT2D eigenvalue weighted by molar-refractivity contribution is 14.1. The summed E-state index contributed by atoms with van der Waals surface area (Å²) in [6.07, 6.45) is -0.648. The van der Waals surface area contributed by atoms with Crippen molar-refractivity contribution >= 4 is 90.4 Å². The van der Waals surface area contributed by atoms with Crippen LogP contribution in [0.1, 0.15) is 22.3 Å². The lowest BCUT2D eigenvalue weighted by molar-refractivity contribution is -0.101. The normalized spacial score (nSPS) is 12.3. The summed E-state index contributed by atoms with van der Waals surface area (Å²) in [5.41, 5.74) is 5.04. The minimum atomic E-state index is -0.324. The summed E-state index contributed by atoms with van der Waals surface area (Å²) in [5, 5.41) is 0. The van der Waals surface area contributed by atoms with Gasteiger partial charge in [0, 0.05) is 17.7 Å². The first kappa shape index (κ1) is 46.5. The fourth-order valence-corrected chi connectivity index (χ4v) is 6.97. The van der Waals surface area contributed by atoms with E-state index in [1.807, 2.05) is 48.5 Å². The molecule has 2 atom stereocenters. The van der Waals surface area contributed by atoms with Gasteiger partial charge in [-0.05, 0) is 70.8 Å². The Kier molecular flexibility index (Phi) is 24.6. The Morgan fingerprint density at radius 1 is 0.309 bits per heavy atom. The van der Waals surface area contributed by atoms with E-state index in [9.17, 15) is 0 Å². The number of halogens is 4. The standard InChI is InChI=1S/C42H50I4O9/c43-25-33-1-9-37(10-2-33)50-19-17-47-29-41(54-23-21-52-39-13-5-35(27-45)6-14-39)31-49-32-42(55-24-22-53-40-15-7-36(28-46)8-16-40)30-48-18-20-51-38-11-3-34(26-44)4-12-38/h1-16,41-42H,17-32H2. The van der Waals surface area contributed by atoms with E-state index in [1.54, 1.807) is 0 Å². The minimum absolute atomic E-state index is 0.304. The number of ether oxygens (including phenoxy) is 9. The molecule has 0 aliphatic heterocycles. The first-order chi connectivity index (χ1) is 27.1. The number of alkyl halides is 4. The van der Waals surface area contributed by atoms with Gasteiger partial charge in [0.1, 0.15) is 61.6 Å². The van der Waals surface area contributed by atoms with Crippen molar-refractivity contribution < 1.29 is 42.6 Å². The second-order valence-electron chi connectivity index (χ2n) is 12.2. The zero-order valence-corrected chi connectivity index (χ0v) is 39.5. The van der Waals surface area contributed by atoms with Gasteiger partial charge in [-0.1, -0.05) is 139 Å². The van der Waals surface area contributed by atoms with Crippen molar-refractivity contribution in [2.24, 2.45) is 0 Å². The van der Waals surface area contributed by atoms with Crippen LogP contribution in [0.4, 0.5) is 0 Å². The number of hydrogen-bond donors (Lipinski definition) is 0. The molecule has 300 valence electrons. The van der Waals surface area contributed by atoms with Crippen LogP contribution in [0, 0.1) is 0 Å². The average Bonchev–Trinajstić information content (AvgIpc) is 3.23. The quantitative estimate of drug-likeness (QED) is 0.0288. The van der Waals surface area contributed by atoms with E-state index in [0.29, 0.717) is 79.3 Å². The highest BCUT2D eigenvalue weighted by atomic mass is 127. The van der Waals surface area contributed by atoms with Crippen molar-refractivity contribution in [3.05, 3.63) is 119 Å². The summed E-state index contributed by atoms with van der Waals surface area (Å²) in [6.45, 7) is 4.54. The monoisotopic (exact) mass is 1210 g/mol. The van der Waals surface area contributed by atoms with Crippen molar-refractivity contribution in [3.8, 4) is 23.0 Å². The lowest BCUT2D eigenvalue weighted by Gasteiger charge is -2.22. The minimum Gasteiger partial charge on any atom is -0.491 e. The van der Waals surface area contributed by atoms with Crippen molar-refractivity contribution in [1.29, 1.82) is 0 Å². The van der Waals surface area contributed by atoms with Gasteiger partial charge >= 0.3 is 0 Å². The molecule has 13 heteroatoms. The van der Waals surface area contributed by atoms with Crippen LogP contribution in [0.5, 0.6) is 23.0 Å². The molecule has 0 fully saturated rings. The molecule has 0 N–H and O–H groups in total. The molecule has 9 nitrogen and oxygen atoms in total. The summed E-state index contributed by atoms with van der Waals surface area (Å²) >= 11 is 9.40. The maximum Gasteiger partial charge on any atom is 0.119 e. The van der Waals surface area contributed by atoms with E-state index in [0.717, 1.165) is 40.7 Å². The van der Waals surface area contributed by atoms with E-state index < -0.39 is 0 Å². The Bertz CT molecular complexity index is 1430. The number of hydrogen-bond acceptors (Lipinski definition) is 9. The van der Waals surface area contributed by atoms with Crippen molar-refractivity contribution in [1.82, 2.24) is 0 Å². The summed E-state index contributed by atoms with van der Waals surface area (Å²) in [6, 6.07) is 32.5. The van der Waals surface area contributed by atoms with E-state index >= 15 is 0 Å². The molecule has 55 heavy (non-hydrogen) atoms. The zero-order valence-electron chi connectivity index (χ0n) is 30.9. The fourth-order valence-electron chi connectivity index (χ4n) is 4.93. The summed E-state index contributed by atoms with van der Waals surface area (Å²) in [4.78, 5) is 0. The average molecular weight is 1210 g/mol. The van der Waals surface area contributed by atoms with Crippen LogP contribution in [0.25, 0.3) is 0 Å². The van der Waals surface area contributed by atoms with Gasteiger partial charge in [0.2, 0.25) is 0 Å². The second-order valence-corrected chi connectivity index (χ2v) is 15.2. The SMILES string of the molecule is ICc1ccc(OCCOCC(COCC(COCCOc2ccc(CI)cc2)OCCOc2ccc(CI)cc2)OCCOc2ccc(CI)cc2)cc1. The Morgan fingerprint density at radius 2 is 0.564 bits per heavy atom. The van der Waals surface area contributed by atoms with Crippen LogP contribution in [0.15, 0.2) is 97.1 Å². The van der Waals surface area contributed by atoms with Crippen molar-refractivity contribution in [2.75, 3.05) is 79.3 Å². The van der Waals surface area contributed by atoms with Gasteiger partial charge in [0.05, 0.1) is 52.9 Å². The third kappa shape index (κ3) is 19.9. The Balaban J connectivity index is 1.24. The van der Waals surface area contributed by atoms with Crippen LogP contribution in [-0.2, 0) is 41.4 Å². The van der Waals surface area contributed by atoms with Gasteiger partial charge in [0.15, 0.2) is 0 Å². The van der Waals surface area contributed by atoms with Crippen molar-refractivity contribution in [3.63, 3.8) is 0 Å². The first-order valence-electron chi connectivity index (χ1n) is 18.2. The van der Waals surface area contributed by atoms with Crippen LogP contribution in [-0.4, -0.2) is 91.5 Å². The molecule has 0 saturated carbocycles. The molecule has 0 bridgehead atoms. The predicted octanol–water partition coefficient (Wildman–Crippen LogP) is 9.86. The van der Waals surface area contributed by atoms with Crippen molar-refractivity contribution in [2.45, 2.75) is 29.9 Å². The van der Waals surface area contributed by atoms with E-state index in [2.05, 4.69) is 139 Å². The molecule has 4 aromatic carbocycles. The molecule has 0 aromatic heterocycles. The Morgan fingerprint density at radius 3 is 0.836 bits per heavy atom. The maximum atomic E-state index is 6.19. The molecular weight excluding hydrogens is 1160 g/mol. The van der Waals surface area contributed by atoms with Crippen LogP contribution in [0.3, 0.4) is 0 Å². The molecule has 0 radical (unpaired) electrons. The van der Waals surface area contributed by atoms with Crippen LogP contribution >= 0.6 is 90.4 Å². The predicted molar refractivity (Wildman–Crippen MR) is 251 cm³/mol. The van der Waals surface area contributed by atoms with Gasteiger partial charge in [-0.25, -0.2) is 0 Å². The molecule has 0 saturated heterocycles. The summed E-state index contributed by atoms with van der Waals surface area (Å²) in [5.74, 6) is 3.26. The number of benzene rings is 4. The molecule has 0 spiro atoms. The smallest absolute Gasteiger partial charge is 0.119 e. The lowest BCUT2D eigenvalue weighted by atomic mass is 10.2. The highest BCUT2D eigenvalue weighted by Gasteiger charge is 2.15. The molecule has 0 amide bonds. The molecule has 0 aliphatic rings. The highest BCUT2D eigenvalue weighted by Crippen LogP contribution is 2.17. The fraction of sp³-hybridized carbons (Fsp3) is 0.429. The van der Waals surface area contributed by atoms with Gasteiger partial charge < -0.3 is 42.6 Å². The van der Waals surface area contributed by atoms with Crippen LogP contribution in [0.2, 0.25) is 0 Å². The van der Waals surface area contributed by atoms with Gasteiger partial charge in [-0.3, -0.25) is 0 Å². The zero-order chi connectivity index (χ0) is 38.8. The molecule has 0 heterocycles. The molecule has 4 rings (SSSR count). The second kappa shape index (κ2) is 29.1. The lowest BCUT2D eigenvalue weighted by Crippen LogP contribution is -2.33. The topological polar surface area (TPSA) is 83.1 Å². The van der Waals surface area contributed by atoms with Gasteiger partial charge in [-0.2, -0.15) is 0 Å². The van der Waals surface area contributed by atoms with E-state index in [1.165, 1.54) is 22.3 Å². The molecule has 2 unspecified atom stereocenters. The summed E-state index contributed by atoms with van der Waals surface area (Å²) in [7, 11) is 0. The third-order valence-corrected chi connectivity index (χ3v) is 11.5. The molecule has 0 aliphatic carbocycles.